The summed E-state index contributed by atoms with van der Waals surface area (Å²) < 4.78 is 18.4. The van der Waals surface area contributed by atoms with E-state index in [0.29, 0.717) is 25.0 Å². The molecule has 0 aromatic heterocycles. The molecule has 1 aromatic rings. The molecule has 4 nitrogen and oxygen atoms in total. The highest BCUT2D eigenvalue weighted by atomic mass is 19.1. The highest BCUT2D eigenvalue weighted by Gasteiger charge is 2.45. The third kappa shape index (κ3) is 3.64. The fourth-order valence-corrected chi connectivity index (χ4v) is 2.70. The summed E-state index contributed by atoms with van der Waals surface area (Å²) in [5.41, 5.74) is 0.0694. The Hall–Kier alpha value is -1.91. The number of nitrogens with one attached hydrogen (secondary N) is 1. The summed E-state index contributed by atoms with van der Waals surface area (Å²) in [7, 11) is 0. The lowest BCUT2D eigenvalue weighted by Crippen LogP contribution is -2.49. The number of hydrogen-bond acceptors (Lipinski definition) is 3. The van der Waals surface area contributed by atoms with Gasteiger partial charge in [0.2, 0.25) is 5.91 Å². The van der Waals surface area contributed by atoms with Crippen LogP contribution in [0.25, 0.3) is 0 Å². The van der Waals surface area contributed by atoms with Gasteiger partial charge >= 0.3 is 5.97 Å². The van der Waals surface area contributed by atoms with E-state index in [1.54, 1.807) is 12.1 Å². The lowest BCUT2D eigenvalue weighted by molar-refractivity contribution is -0.143. The van der Waals surface area contributed by atoms with Crippen LogP contribution in [-0.4, -0.2) is 25.0 Å². The SMILES string of the molecule is CCCOC(=O)CCNC(=O)C1(c2cccc(F)c2)CCC1. The highest BCUT2D eigenvalue weighted by molar-refractivity contribution is 5.89. The van der Waals surface area contributed by atoms with Gasteiger partial charge in [-0.05, 0) is 37.0 Å². The molecule has 0 radical (unpaired) electrons. The minimum Gasteiger partial charge on any atom is -0.466 e. The molecule has 0 heterocycles. The van der Waals surface area contributed by atoms with Crippen LogP contribution in [0.15, 0.2) is 24.3 Å². The summed E-state index contributed by atoms with van der Waals surface area (Å²) >= 11 is 0. The fraction of sp³-hybridized carbons (Fsp3) is 0.529. The Morgan fingerprint density at radius 2 is 2.14 bits per heavy atom. The average Bonchev–Trinajstić information content (AvgIpc) is 2.44. The molecule has 1 aliphatic rings. The molecule has 0 bridgehead atoms. The summed E-state index contributed by atoms with van der Waals surface area (Å²) in [6.07, 6.45) is 3.30. The van der Waals surface area contributed by atoms with Gasteiger partial charge in [-0.15, -0.1) is 0 Å². The van der Waals surface area contributed by atoms with Crippen molar-refractivity contribution in [2.75, 3.05) is 13.2 Å². The first-order chi connectivity index (χ1) is 10.6. The van der Waals surface area contributed by atoms with Crippen LogP contribution in [0.3, 0.4) is 0 Å². The number of benzene rings is 1. The van der Waals surface area contributed by atoms with E-state index in [1.165, 1.54) is 12.1 Å². The molecule has 1 N–H and O–H groups in total. The zero-order valence-corrected chi connectivity index (χ0v) is 12.9. The molecule has 2 rings (SSSR count). The van der Waals surface area contributed by atoms with Crippen LogP contribution in [0.4, 0.5) is 4.39 Å². The monoisotopic (exact) mass is 307 g/mol. The number of carbonyl (C=O) groups excluding carboxylic acids is 2. The van der Waals surface area contributed by atoms with Gasteiger partial charge in [0.25, 0.3) is 0 Å². The Balaban J connectivity index is 1.91. The smallest absolute Gasteiger partial charge is 0.307 e. The van der Waals surface area contributed by atoms with Crippen molar-refractivity contribution < 1.29 is 18.7 Å². The van der Waals surface area contributed by atoms with Crippen LogP contribution >= 0.6 is 0 Å². The minimum atomic E-state index is -0.643. The van der Waals surface area contributed by atoms with Crippen molar-refractivity contribution in [3.63, 3.8) is 0 Å². The Morgan fingerprint density at radius 3 is 2.73 bits per heavy atom. The number of ether oxygens (including phenoxy) is 1. The predicted molar refractivity (Wildman–Crippen MR) is 80.8 cm³/mol. The number of carbonyl (C=O) groups is 2. The number of rotatable bonds is 7. The maximum absolute atomic E-state index is 13.4. The van der Waals surface area contributed by atoms with E-state index in [4.69, 9.17) is 4.74 Å². The molecule has 1 amide bonds. The molecular formula is C17H22FNO3. The molecule has 120 valence electrons. The lowest BCUT2D eigenvalue weighted by Gasteiger charge is -2.40. The second-order valence-electron chi connectivity index (χ2n) is 5.67. The van der Waals surface area contributed by atoms with Crippen LogP contribution in [0, 0.1) is 5.82 Å². The summed E-state index contributed by atoms with van der Waals surface area (Å²) in [4.78, 5) is 23.9. The van der Waals surface area contributed by atoms with Gasteiger partial charge in [-0.25, -0.2) is 4.39 Å². The quantitative estimate of drug-likeness (QED) is 0.788. The zero-order valence-electron chi connectivity index (χ0n) is 12.9. The summed E-state index contributed by atoms with van der Waals surface area (Å²) in [5, 5.41) is 2.79. The standard InChI is InChI=1S/C17H22FNO3/c1-2-11-22-15(20)7-10-19-16(21)17(8-4-9-17)13-5-3-6-14(18)12-13/h3,5-6,12H,2,4,7-11H2,1H3,(H,19,21). The number of hydrogen-bond donors (Lipinski definition) is 1. The van der Waals surface area contributed by atoms with E-state index >= 15 is 0 Å². The van der Waals surface area contributed by atoms with Crippen LogP contribution in [0.5, 0.6) is 0 Å². The highest BCUT2D eigenvalue weighted by Crippen LogP contribution is 2.44. The lowest BCUT2D eigenvalue weighted by atomic mass is 9.64. The van der Waals surface area contributed by atoms with Crippen molar-refractivity contribution in [3.8, 4) is 0 Å². The molecule has 0 spiro atoms. The van der Waals surface area contributed by atoms with Crippen molar-refractivity contribution in [1.29, 1.82) is 0 Å². The fourth-order valence-electron chi connectivity index (χ4n) is 2.70. The van der Waals surface area contributed by atoms with E-state index in [-0.39, 0.29) is 30.7 Å². The third-order valence-corrected chi connectivity index (χ3v) is 4.10. The van der Waals surface area contributed by atoms with Gasteiger partial charge in [0.15, 0.2) is 0 Å². The molecule has 5 heteroatoms. The number of esters is 1. The van der Waals surface area contributed by atoms with E-state index in [2.05, 4.69) is 5.32 Å². The molecule has 0 saturated heterocycles. The van der Waals surface area contributed by atoms with E-state index < -0.39 is 5.41 Å². The van der Waals surface area contributed by atoms with Crippen molar-refractivity contribution in [3.05, 3.63) is 35.6 Å². The normalized spacial score (nSPS) is 15.7. The first kappa shape index (κ1) is 16.5. The average molecular weight is 307 g/mol. The van der Waals surface area contributed by atoms with Crippen molar-refractivity contribution in [2.45, 2.75) is 44.4 Å². The number of amides is 1. The Labute approximate surface area is 130 Å². The van der Waals surface area contributed by atoms with E-state index in [0.717, 1.165) is 12.8 Å². The molecule has 0 atom stereocenters. The second kappa shape index (κ2) is 7.38. The van der Waals surface area contributed by atoms with Gasteiger partial charge in [-0.2, -0.15) is 0 Å². The van der Waals surface area contributed by atoms with Crippen LogP contribution in [0.2, 0.25) is 0 Å². The number of halogens is 1. The Bertz CT molecular complexity index is 540. The summed E-state index contributed by atoms with van der Waals surface area (Å²) in [6, 6.07) is 6.21. The maximum Gasteiger partial charge on any atom is 0.307 e. The topological polar surface area (TPSA) is 55.4 Å². The third-order valence-electron chi connectivity index (χ3n) is 4.10. The first-order valence-electron chi connectivity index (χ1n) is 7.78. The first-order valence-corrected chi connectivity index (χ1v) is 7.78. The van der Waals surface area contributed by atoms with Gasteiger partial charge in [-0.1, -0.05) is 25.5 Å². The Morgan fingerprint density at radius 1 is 1.36 bits per heavy atom. The molecule has 0 aliphatic heterocycles. The van der Waals surface area contributed by atoms with Crippen LogP contribution in [-0.2, 0) is 19.7 Å². The van der Waals surface area contributed by atoms with Crippen molar-refractivity contribution in [2.24, 2.45) is 0 Å². The van der Waals surface area contributed by atoms with Crippen molar-refractivity contribution in [1.82, 2.24) is 5.32 Å². The van der Waals surface area contributed by atoms with Gasteiger partial charge < -0.3 is 10.1 Å². The van der Waals surface area contributed by atoms with Gasteiger partial charge in [0.1, 0.15) is 5.82 Å². The van der Waals surface area contributed by atoms with Gasteiger partial charge in [0.05, 0.1) is 18.4 Å². The van der Waals surface area contributed by atoms with Crippen molar-refractivity contribution >= 4 is 11.9 Å². The molecule has 1 fully saturated rings. The molecule has 1 saturated carbocycles. The summed E-state index contributed by atoms with van der Waals surface area (Å²) in [6.45, 7) is 2.58. The van der Waals surface area contributed by atoms with Gasteiger partial charge in [0, 0.05) is 6.54 Å². The molecule has 1 aliphatic carbocycles. The molecule has 1 aromatic carbocycles. The molecule has 22 heavy (non-hydrogen) atoms. The Kier molecular flexibility index (Phi) is 5.52. The largest absolute Gasteiger partial charge is 0.466 e. The second-order valence-corrected chi connectivity index (χ2v) is 5.67. The zero-order chi connectivity index (χ0) is 16.0. The van der Waals surface area contributed by atoms with Crippen LogP contribution in [0.1, 0.15) is 44.6 Å². The molecular weight excluding hydrogens is 285 g/mol. The molecule has 0 unspecified atom stereocenters. The van der Waals surface area contributed by atoms with Gasteiger partial charge in [-0.3, -0.25) is 9.59 Å². The van der Waals surface area contributed by atoms with E-state index in [9.17, 15) is 14.0 Å². The summed E-state index contributed by atoms with van der Waals surface area (Å²) in [5.74, 6) is -0.775. The predicted octanol–water partition coefficient (Wildman–Crippen LogP) is 2.71. The minimum absolute atomic E-state index is 0.132. The van der Waals surface area contributed by atoms with E-state index in [1.807, 2.05) is 6.92 Å². The maximum atomic E-state index is 13.4. The van der Waals surface area contributed by atoms with Crippen LogP contribution < -0.4 is 5.32 Å².